The molecule has 1 saturated heterocycles. The van der Waals surface area contributed by atoms with Gasteiger partial charge in [-0.3, -0.25) is 4.79 Å². The SMILES string of the molecule is CCc1ncnc(-c2ccc(C(=O)N3CCN(C)CC3)c(OC)c2)c1-c1ccc(N)nc1. The molecule has 1 aliphatic rings. The molecule has 2 N–H and O–H groups in total. The van der Waals surface area contributed by atoms with E-state index in [1.807, 2.05) is 29.2 Å². The number of anilines is 1. The second kappa shape index (κ2) is 9.32. The van der Waals surface area contributed by atoms with Crippen LogP contribution in [0.15, 0.2) is 42.9 Å². The zero-order chi connectivity index (χ0) is 22.7. The van der Waals surface area contributed by atoms with Crippen LogP contribution in [0, 0.1) is 0 Å². The molecule has 1 aromatic carbocycles. The summed E-state index contributed by atoms with van der Waals surface area (Å²) in [6.07, 6.45) is 4.05. The van der Waals surface area contributed by atoms with E-state index in [2.05, 4.69) is 33.8 Å². The van der Waals surface area contributed by atoms with E-state index in [0.29, 0.717) is 30.2 Å². The molecular weight excluding hydrogens is 404 g/mol. The molecule has 1 aliphatic heterocycles. The van der Waals surface area contributed by atoms with Gasteiger partial charge in [-0.25, -0.2) is 15.0 Å². The molecule has 8 nitrogen and oxygen atoms in total. The van der Waals surface area contributed by atoms with E-state index >= 15 is 0 Å². The summed E-state index contributed by atoms with van der Waals surface area (Å²) >= 11 is 0. The number of carbonyl (C=O) groups is 1. The first-order chi connectivity index (χ1) is 15.5. The third-order valence-electron chi connectivity index (χ3n) is 5.83. The molecule has 0 unspecified atom stereocenters. The lowest BCUT2D eigenvalue weighted by molar-refractivity contribution is 0.0661. The monoisotopic (exact) mass is 432 g/mol. The van der Waals surface area contributed by atoms with E-state index in [-0.39, 0.29) is 5.91 Å². The summed E-state index contributed by atoms with van der Waals surface area (Å²) in [7, 11) is 3.65. The molecule has 0 radical (unpaired) electrons. The van der Waals surface area contributed by atoms with Crippen molar-refractivity contribution < 1.29 is 9.53 Å². The normalized spacial score (nSPS) is 14.4. The number of hydrogen-bond donors (Lipinski definition) is 1. The first-order valence-electron chi connectivity index (χ1n) is 10.7. The quantitative estimate of drug-likeness (QED) is 0.662. The number of nitrogen functional groups attached to an aromatic ring is 1. The highest BCUT2D eigenvalue weighted by atomic mass is 16.5. The molecule has 2 aromatic heterocycles. The largest absolute Gasteiger partial charge is 0.496 e. The number of piperazine rings is 1. The molecule has 0 spiro atoms. The lowest BCUT2D eigenvalue weighted by Gasteiger charge is -2.32. The van der Waals surface area contributed by atoms with Crippen LogP contribution >= 0.6 is 0 Å². The van der Waals surface area contributed by atoms with Gasteiger partial charge in [0.05, 0.1) is 24.1 Å². The van der Waals surface area contributed by atoms with Crippen molar-refractivity contribution in [3.63, 3.8) is 0 Å². The Morgan fingerprint density at radius 1 is 1.06 bits per heavy atom. The second-order valence-corrected chi connectivity index (χ2v) is 7.88. The summed E-state index contributed by atoms with van der Waals surface area (Å²) in [5.74, 6) is 0.976. The van der Waals surface area contributed by atoms with Gasteiger partial charge in [-0.05, 0) is 37.7 Å². The molecule has 4 rings (SSSR count). The maximum absolute atomic E-state index is 13.1. The van der Waals surface area contributed by atoms with E-state index in [1.165, 1.54) is 0 Å². The van der Waals surface area contributed by atoms with Crippen LogP contribution in [-0.2, 0) is 6.42 Å². The van der Waals surface area contributed by atoms with Gasteiger partial charge in [-0.1, -0.05) is 13.0 Å². The predicted octanol–water partition coefficient (Wildman–Crippen LogP) is 2.75. The lowest BCUT2D eigenvalue weighted by Crippen LogP contribution is -2.47. The van der Waals surface area contributed by atoms with E-state index in [1.54, 1.807) is 25.7 Å². The van der Waals surface area contributed by atoms with Gasteiger partial charge >= 0.3 is 0 Å². The highest BCUT2D eigenvalue weighted by Gasteiger charge is 2.24. The molecule has 1 amide bonds. The van der Waals surface area contributed by atoms with Gasteiger partial charge in [0.25, 0.3) is 5.91 Å². The van der Waals surface area contributed by atoms with Crippen LogP contribution in [0.25, 0.3) is 22.4 Å². The standard InChI is InChI=1S/C24H28N6O2/c1-4-19-22(17-6-8-21(25)26-14-17)23(28-15-27-19)16-5-7-18(20(13-16)32-3)24(31)30-11-9-29(2)10-12-30/h5-8,13-15H,4,9-12H2,1-3H3,(H2,25,26). The minimum atomic E-state index is -0.0126. The van der Waals surface area contributed by atoms with Crippen LogP contribution in [0.2, 0.25) is 0 Å². The van der Waals surface area contributed by atoms with E-state index < -0.39 is 0 Å². The smallest absolute Gasteiger partial charge is 0.257 e. The number of hydrogen-bond acceptors (Lipinski definition) is 7. The number of nitrogens with two attached hydrogens (primary N) is 1. The number of pyridine rings is 1. The highest BCUT2D eigenvalue weighted by molar-refractivity contribution is 5.98. The van der Waals surface area contributed by atoms with Gasteiger partial charge in [0.2, 0.25) is 0 Å². The fourth-order valence-electron chi connectivity index (χ4n) is 3.96. The highest BCUT2D eigenvalue weighted by Crippen LogP contribution is 2.35. The van der Waals surface area contributed by atoms with Crippen LogP contribution in [0.4, 0.5) is 5.82 Å². The Morgan fingerprint density at radius 3 is 2.47 bits per heavy atom. The summed E-state index contributed by atoms with van der Waals surface area (Å²) in [6.45, 7) is 5.21. The predicted molar refractivity (Wildman–Crippen MR) is 124 cm³/mol. The average molecular weight is 433 g/mol. The summed E-state index contributed by atoms with van der Waals surface area (Å²) in [6, 6.07) is 9.31. The van der Waals surface area contributed by atoms with Crippen molar-refractivity contribution in [1.29, 1.82) is 0 Å². The molecule has 166 valence electrons. The van der Waals surface area contributed by atoms with Crippen LogP contribution in [0.1, 0.15) is 23.0 Å². The Bertz CT molecular complexity index is 1110. The van der Waals surface area contributed by atoms with Crippen LogP contribution in [0.3, 0.4) is 0 Å². The summed E-state index contributed by atoms with van der Waals surface area (Å²) in [5.41, 5.74) is 10.7. The van der Waals surface area contributed by atoms with Gasteiger partial charge in [-0.2, -0.15) is 0 Å². The van der Waals surface area contributed by atoms with Gasteiger partial charge < -0.3 is 20.3 Å². The number of aromatic nitrogens is 3. The lowest BCUT2D eigenvalue weighted by atomic mass is 9.96. The number of rotatable bonds is 5. The Labute approximate surface area is 188 Å². The van der Waals surface area contributed by atoms with Crippen molar-refractivity contribution in [3.05, 3.63) is 54.1 Å². The molecule has 3 heterocycles. The van der Waals surface area contributed by atoms with Crippen molar-refractivity contribution in [2.75, 3.05) is 46.1 Å². The van der Waals surface area contributed by atoms with Crippen molar-refractivity contribution in [1.82, 2.24) is 24.8 Å². The van der Waals surface area contributed by atoms with Gasteiger partial charge in [0.15, 0.2) is 0 Å². The molecule has 8 heteroatoms. The Balaban J connectivity index is 1.75. The van der Waals surface area contributed by atoms with E-state index in [4.69, 9.17) is 10.5 Å². The van der Waals surface area contributed by atoms with Crippen molar-refractivity contribution >= 4 is 11.7 Å². The number of aryl methyl sites for hydroxylation is 1. The maximum atomic E-state index is 13.1. The number of carbonyl (C=O) groups excluding carboxylic acids is 1. The minimum Gasteiger partial charge on any atom is -0.496 e. The molecule has 3 aromatic rings. The van der Waals surface area contributed by atoms with Gasteiger partial charge in [0.1, 0.15) is 17.9 Å². The van der Waals surface area contributed by atoms with E-state index in [0.717, 1.165) is 47.6 Å². The first-order valence-corrected chi connectivity index (χ1v) is 10.7. The molecule has 32 heavy (non-hydrogen) atoms. The number of amides is 1. The Morgan fingerprint density at radius 2 is 1.81 bits per heavy atom. The Kier molecular flexibility index (Phi) is 6.32. The number of methoxy groups -OCH3 is 1. The molecule has 0 bridgehead atoms. The number of ether oxygens (including phenoxy) is 1. The summed E-state index contributed by atoms with van der Waals surface area (Å²) in [5, 5.41) is 0. The average Bonchev–Trinajstić information content (AvgIpc) is 2.83. The number of likely N-dealkylation sites (N-methyl/N-ethyl adjacent to an activating group) is 1. The van der Waals surface area contributed by atoms with Crippen LogP contribution in [0.5, 0.6) is 5.75 Å². The number of nitrogens with zero attached hydrogens (tertiary/aromatic N) is 5. The summed E-state index contributed by atoms with van der Waals surface area (Å²) in [4.78, 5) is 30.5. The van der Waals surface area contributed by atoms with Crippen LogP contribution < -0.4 is 10.5 Å². The molecule has 0 saturated carbocycles. The van der Waals surface area contributed by atoms with Gasteiger partial charge in [0, 0.05) is 49.1 Å². The fourth-order valence-corrected chi connectivity index (χ4v) is 3.96. The van der Waals surface area contributed by atoms with E-state index in [9.17, 15) is 4.79 Å². The second-order valence-electron chi connectivity index (χ2n) is 7.88. The molecular formula is C24H28N6O2. The third kappa shape index (κ3) is 4.27. The fraction of sp³-hybridized carbons (Fsp3) is 0.333. The summed E-state index contributed by atoms with van der Waals surface area (Å²) < 4.78 is 5.63. The molecule has 0 aliphatic carbocycles. The topological polar surface area (TPSA) is 97.5 Å². The van der Waals surface area contributed by atoms with Crippen molar-refractivity contribution in [3.8, 4) is 28.1 Å². The number of benzene rings is 1. The Hall–Kier alpha value is -3.52. The maximum Gasteiger partial charge on any atom is 0.257 e. The zero-order valence-corrected chi connectivity index (χ0v) is 18.7. The first kappa shape index (κ1) is 21.7. The minimum absolute atomic E-state index is 0.0126. The van der Waals surface area contributed by atoms with Gasteiger partial charge in [-0.15, -0.1) is 0 Å². The zero-order valence-electron chi connectivity index (χ0n) is 18.7. The third-order valence-corrected chi connectivity index (χ3v) is 5.83. The molecule has 0 atom stereocenters. The van der Waals surface area contributed by atoms with Crippen molar-refractivity contribution in [2.24, 2.45) is 0 Å². The molecule has 1 fully saturated rings. The van der Waals surface area contributed by atoms with Crippen molar-refractivity contribution in [2.45, 2.75) is 13.3 Å². The van der Waals surface area contributed by atoms with Crippen LogP contribution in [-0.4, -0.2) is 71.0 Å².